The van der Waals surface area contributed by atoms with Crippen LogP contribution in [-0.2, 0) is 14.8 Å². The lowest BCUT2D eigenvalue weighted by Gasteiger charge is -2.09. The molecule has 0 spiro atoms. The molecule has 0 saturated carbocycles. The van der Waals surface area contributed by atoms with Crippen LogP contribution in [0.4, 0.5) is 11.4 Å². The zero-order valence-corrected chi connectivity index (χ0v) is 11.2. The lowest BCUT2D eigenvalue weighted by atomic mass is 10.3. The Morgan fingerprint density at radius 1 is 1.45 bits per heavy atom. The second kappa shape index (κ2) is 6.27. The van der Waals surface area contributed by atoms with Crippen molar-refractivity contribution in [3.63, 3.8) is 0 Å². The predicted octanol–water partition coefficient (Wildman–Crippen LogP) is -1.10. The molecule has 0 aliphatic rings. The Kier molecular flexibility index (Phi) is 4.96. The molecule has 0 heterocycles. The van der Waals surface area contributed by atoms with Gasteiger partial charge in [-0.1, -0.05) is 6.07 Å². The van der Waals surface area contributed by atoms with Crippen LogP contribution in [0.1, 0.15) is 0 Å². The van der Waals surface area contributed by atoms with Crippen LogP contribution in [0.25, 0.3) is 0 Å². The van der Waals surface area contributed by atoms with Gasteiger partial charge in [0.1, 0.15) is 5.69 Å². The molecule has 0 aliphatic carbocycles. The summed E-state index contributed by atoms with van der Waals surface area (Å²) in [6.45, 7) is -0.531. The fourth-order valence-electron chi connectivity index (χ4n) is 1.37. The van der Waals surface area contributed by atoms with E-state index in [4.69, 9.17) is 5.84 Å². The highest BCUT2D eigenvalue weighted by molar-refractivity contribution is 7.89. The van der Waals surface area contributed by atoms with Crippen molar-refractivity contribution in [1.82, 2.24) is 10.0 Å². The number of benzene rings is 1. The summed E-state index contributed by atoms with van der Waals surface area (Å²) in [6, 6.07) is 3.59. The fourth-order valence-corrected chi connectivity index (χ4v) is 2.54. The Morgan fingerprint density at radius 3 is 2.60 bits per heavy atom. The number of amides is 1. The third-order valence-electron chi connectivity index (χ3n) is 2.33. The van der Waals surface area contributed by atoms with E-state index in [0.29, 0.717) is 0 Å². The number of nitrogens with two attached hydrogens (primary N) is 1. The number of nitrogens with one attached hydrogen (secondary N) is 3. The lowest BCUT2D eigenvalue weighted by molar-refractivity contribution is -0.386. The molecule has 1 amide bonds. The quantitative estimate of drug-likeness (QED) is 0.295. The number of carbonyl (C=O) groups excluding carboxylic acids is 1. The molecule has 110 valence electrons. The number of rotatable bonds is 6. The molecule has 11 heteroatoms. The molecule has 20 heavy (non-hydrogen) atoms. The molecule has 0 unspecified atom stereocenters. The van der Waals surface area contributed by atoms with E-state index >= 15 is 0 Å². The van der Waals surface area contributed by atoms with Crippen molar-refractivity contribution in [2.24, 2.45) is 5.84 Å². The van der Waals surface area contributed by atoms with Crippen LogP contribution in [0.15, 0.2) is 23.1 Å². The summed E-state index contributed by atoms with van der Waals surface area (Å²) in [7, 11) is -2.89. The topological polar surface area (TPSA) is 156 Å². The number of sulfonamides is 1. The first-order valence-electron chi connectivity index (χ1n) is 5.27. The SMILES string of the molecule is CNC(=O)CNS(=O)(=O)c1cccc(NN)c1[N+](=O)[O-]. The van der Waals surface area contributed by atoms with Crippen molar-refractivity contribution >= 4 is 27.3 Å². The monoisotopic (exact) mass is 303 g/mol. The van der Waals surface area contributed by atoms with Crippen LogP contribution in [0.2, 0.25) is 0 Å². The van der Waals surface area contributed by atoms with E-state index < -0.39 is 38.0 Å². The summed E-state index contributed by atoms with van der Waals surface area (Å²) in [5.41, 5.74) is 1.20. The first-order valence-corrected chi connectivity index (χ1v) is 6.76. The van der Waals surface area contributed by atoms with E-state index in [-0.39, 0.29) is 5.69 Å². The number of nitrogen functional groups attached to an aromatic ring is 1. The highest BCUT2D eigenvalue weighted by Gasteiger charge is 2.28. The van der Waals surface area contributed by atoms with Gasteiger partial charge in [0.15, 0.2) is 4.90 Å². The van der Waals surface area contributed by atoms with E-state index in [1.54, 1.807) is 0 Å². The van der Waals surface area contributed by atoms with Crippen molar-refractivity contribution in [3.05, 3.63) is 28.3 Å². The third-order valence-corrected chi connectivity index (χ3v) is 3.76. The number of nitro groups is 1. The first kappa shape index (κ1) is 15.8. The molecule has 0 atom stereocenters. The number of nitro benzene ring substituents is 1. The Labute approximate surface area is 114 Å². The Bertz CT molecular complexity index is 630. The second-order valence-electron chi connectivity index (χ2n) is 3.55. The number of hydrogen-bond acceptors (Lipinski definition) is 7. The maximum absolute atomic E-state index is 12.0. The zero-order valence-electron chi connectivity index (χ0n) is 10.4. The molecular formula is C9H13N5O5S. The van der Waals surface area contributed by atoms with E-state index in [1.807, 2.05) is 4.72 Å². The van der Waals surface area contributed by atoms with Gasteiger partial charge in [0, 0.05) is 7.05 Å². The van der Waals surface area contributed by atoms with Crippen LogP contribution in [0, 0.1) is 10.1 Å². The average Bonchev–Trinajstić information content (AvgIpc) is 2.43. The van der Waals surface area contributed by atoms with Gasteiger partial charge in [-0.15, -0.1) is 0 Å². The van der Waals surface area contributed by atoms with Crippen LogP contribution in [-0.4, -0.2) is 32.8 Å². The van der Waals surface area contributed by atoms with Gasteiger partial charge in [0.2, 0.25) is 15.9 Å². The normalized spacial score (nSPS) is 10.9. The molecule has 5 N–H and O–H groups in total. The van der Waals surface area contributed by atoms with E-state index in [0.717, 1.165) is 6.07 Å². The van der Waals surface area contributed by atoms with Gasteiger partial charge in [-0.3, -0.25) is 20.8 Å². The minimum absolute atomic E-state index is 0.155. The van der Waals surface area contributed by atoms with E-state index in [1.165, 1.54) is 19.2 Å². The number of nitrogens with zero attached hydrogens (tertiary/aromatic N) is 1. The average molecular weight is 303 g/mol. The molecular weight excluding hydrogens is 290 g/mol. The lowest BCUT2D eigenvalue weighted by Crippen LogP contribution is -2.35. The Hall–Kier alpha value is -2.24. The van der Waals surface area contributed by atoms with Gasteiger partial charge < -0.3 is 10.7 Å². The summed E-state index contributed by atoms with van der Waals surface area (Å²) in [4.78, 5) is 20.6. The summed E-state index contributed by atoms with van der Waals surface area (Å²) < 4.78 is 25.9. The number of hydrazine groups is 1. The van der Waals surface area contributed by atoms with Crippen molar-refractivity contribution in [2.45, 2.75) is 4.90 Å². The third kappa shape index (κ3) is 3.40. The Morgan fingerprint density at radius 2 is 2.10 bits per heavy atom. The molecule has 10 nitrogen and oxygen atoms in total. The molecule has 0 bridgehead atoms. The van der Waals surface area contributed by atoms with E-state index in [9.17, 15) is 23.3 Å². The maximum atomic E-state index is 12.0. The maximum Gasteiger partial charge on any atom is 0.313 e. The standard InChI is InChI=1S/C9H13N5O5S/c1-11-8(15)5-12-20(18,19)7-4-2-3-6(13-10)9(7)14(16)17/h2-4,12-13H,5,10H2,1H3,(H,11,15). The summed E-state index contributed by atoms with van der Waals surface area (Å²) in [5.74, 6) is 4.53. The van der Waals surface area contributed by atoms with Gasteiger partial charge in [0.25, 0.3) is 0 Å². The van der Waals surface area contributed by atoms with Crippen molar-refractivity contribution in [3.8, 4) is 0 Å². The second-order valence-corrected chi connectivity index (χ2v) is 5.29. The molecule has 1 aromatic rings. The van der Waals surface area contributed by atoms with Crippen LogP contribution >= 0.6 is 0 Å². The zero-order chi connectivity index (χ0) is 15.3. The highest BCUT2D eigenvalue weighted by atomic mass is 32.2. The smallest absolute Gasteiger partial charge is 0.313 e. The summed E-state index contributed by atoms with van der Waals surface area (Å²) in [5, 5.41) is 13.2. The summed E-state index contributed by atoms with van der Waals surface area (Å²) >= 11 is 0. The van der Waals surface area contributed by atoms with Gasteiger partial charge in [-0.2, -0.15) is 0 Å². The number of likely N-dealkylation sites (N-methyl/N-ethyl adjacent to an activating group) is 1. The van der Waals surface area contributed by atoms with Gasteiger partial charge in [-0.25, -0.2) is 13.1 Å². The molecule has 1 rings (SSSR count). The van der Waals surface area contributed by atoms with Crippen LogP contribution < -0.4 is 21.3 Å². The first-order chi connectivity index (χ1) is 9.33. The molecule has 1 aromatic carbocycles. The van der Waals surface area contributed by atoms with Gasteiger partial charge >= 0.3 is 5.69 Å². The minimum atomic E-state index is -4.22. The molecule has 0 saturated heterocycles. The largest absolute Gasteiger partial charge is 0.358 e. The van der Waals surface area contributed by atoms with Crippen LogP contribution in [0.3, 0.4) is 0 Å². The molecule has 0 radical (unpaired) electrons. The Balaban J connectivity index is 3.24. The molecule has 0 fully saturated rings. The number of carbonyl (C=O) groups is 1. The number of para-hydroxylation sites is 1. The highest BCUT2D eigenvalue weighted by Crippen LogP contribution is 2.30. The number of anilines is 1. The molecule has 0 aliphatic heterocycles. The van der Waals surface area contributed by atoms with Crippen LogP contribution in [0.5, 0.6) is 0 Å². The summed E-state index contributed by atoms with van der Waals surface area (Å²) in [6.07, 6.45) is 0. The predicted molar refractivity (Wildman–Crippen MR) is 70.2 cm³/mol. The van der Waals surface area contributed by atoms with Gasteiger partial charge in [0.05, 0.1) is 11.5 Å². The molecule has 0 aromatic heterocycles. The van der Waals surface area contributed by atoms with Crippen molar-refractivity contribution in [2.75, 3.05) is 19.0 Å². The van der Waals surface area contributed by atoms with Gasteiger partial charge in [-0.05, 0) is 12.1 Å². The minimum Gasteiger partial charge on any atom is -0.358 e. The van der Waals surface area contributed by atoms with Crippen molar-refractivity contribution in [1.29, 1.82) is 0 Å². The fraction of sp³-hybridized carbons (Fsp3) is 0.222. The van der Waals surface area contributed by atoms with E-state index in [2.05, 4.69) is 10.7 Å². The van der Waals surface area contributed by atoms with Crippen molar-refractivity contribution < 1.29 is 18.1 Å². The number of hydrogen-bond donors (Lipinski definition) is 4.